The zero-order valence-corrected chi connectivity index (χ0v) is 10.9. The van der Waals surface area contributed by atoms with Gasteiger partial charge in [0, 0.05) is 25.6 Å². The summed E-state index contributed by atoms with van der Waals surface area (Å²) in [5.41, 5.74) is 5.43. The molecule has 0 aliphatic rings. The summed E-state index contributed by atoms with van der Waals surface area (Å²) in [5.74, 6) is 0.257. The van der Waals surface area contributed by atoms with Crippen LogP contribution in [0.4, 0.5) is 0 Å². The lowest BCUT2D eigenvalue weighted by Gasteiger charge is -2.21. The SMILES string of the molecule is CCC(CC(N)=NO)NCC(=O)N(CC)CC. The highest BCUT2D eigenvalue weighted by Gasteiger charge is 2.13. The monoisotopic (exact) mass is 244 g/mol. The molecule has 0 fully saturated rings. The molecular weight excluding hydrogens is 220 g/mol. The van der Waals surface area contributed by atoms with Gasteiger partial charge in [-0.25, -0.2) is 0 Å². The molecule has 0 radical (unpaired) electrons. The second-order valence-corrected chi connectivity index (χ2v) is 3.85. The summed E-state index contributed by atoms with van der Waals surface area (Å²) >= 11 is 0. The molecule has 4 N–H and O–H groups in total. The number of rotatable bonds is 8. The molecule has 0 aliphatic carbocycles. The fourth-order valence-corrected chi connectivity index (χ4v) is 1.57. The molecule has 1 amide bonds. The average molecular weight is 244 g/mol. The Labute approximate surface area is 103 Å². The van der Waals surface area contributed by atoms with Gasteiger partial charge in [-0.15, -0.1) is 0 Å². The first-order chi connectivity index (χ1) is 8.08. The van der Waals surface area contributed by atoms with Crippen LogP contribution in [-0.2, 0) is 4.79 Å². The quantitative estimate of drug-likeness (QED) is 0.249. The number of hydrogen-bond donors (Lipinski definition) is 3. The Morgan fingerprint density at radius 3 is 2.41 bits per heavy atom. The maximum Gasteiger partial charge on any atom is 0.236 e. The number of nitrogens with zero attached hydrogens (tertiary/aromatic N) is 2. The maximum atomic E-state index is 11.7. The van der Waals surface area contributed by atoms with Crippen molar-refractivity contribution in [1.82, 2.24) is 10.2 Å². The molecule has 6 heteroatoms. The summed E-state index contributed by atoms with van der Waals surface area (Å²) in [4.78, 5) is 13.5. The molecule has 6 nitrogen and oxygen atoms in total. The van der Waals surface area contributed by atoms with Crippen LogP contribution in [0, 0.1) is 0 Å². The minimum atomic E-state index is 0.0606. The van der Waals surface area contributed by atoms with Crippen LogP contribution in [0.15, 0.2) is 5.16 Å². The molecule has 100 valence electrons. The Bertz CT molecular complexity index is 252. The van der Waals surface area contributed by atoms with E-state index in [9.17, 15) is 4.79 Å². The standard InChI is InChI=1S/C11H24N4O2/c1-4-9(7-10(12)14-17)13-8-11(16)15(5-2)6-3/h9,13,17H,4-8H2,1-3H3,(H2,12,14). The number of amides is 1. The van der Waals surface area contributed by atoms with Crippen LogP contribution >= 0.6 is 0 Å². The van der Waals surface area contributed by atoms with Crippen molar-refractivity contribution in [3.8, 4) is 0 Å². The molecule has 0 aromatic carbocycles. The third-order valence-corrected chi connectivity index (χ3v) is 2.73. The number of nitrogens with two attached hydrogens (primary N) is 1. The van der Waals surface area contributed by atoms with Crippen LogP contribution in [0.25, 0.3) is 0 Å². The van der Waals surface area contributed by atoms with Crippen LogP contribution < -0.4 is 11.1 Å². The van der Waals surface area contributed by atoms with Crippen LogP contribution in [0.1, 0.15) is 33.6 Å². The van der Waals surface area contributed by atoms with Gasteiger partial charge in [-0.1, -0.05) is 12.1 Å². The smallest absolute Gasteiger partial charge is 0.236 e. The molecule has 0 saturated heterocycles. The summed E-state index contributed by atoms with van der Waals surface area (Å²) < 4.78 is 0. The van der Waals surface area contributed by atoms with Gasteiger partial charge in [0.25, 0.3) is 0 Å². The van der Waals surface area contributed by atoms with Crippen molar-refractivity contribution in [3.05, 3.63) is 0 Å². The third-order valence-electron chi connectivity index (χ3n) is 2.73. The summed E-state index contributed by atoms with van der Waals surface area (Å²) in [6.45, 7) is 7.62. The van der Waals surface area contributed by atoms with Crippen molar-refractivity contribution in [2.75, 3.05) is 19.6 Å². The molecule has 17 heavy (non-hydrogen) atoms. The number of likely N-dealkylation sites (N-methyl/N-ethyl adjacent to an activating group) is 1. The fourth-order valence-electron chi connectivity index (χ4n) is 1.57. The van der Waals surface area contributed by atoms with Crippen LogP contribution in [-0.4, -0.2) is 47.5 Å². The molecule has 0 aromatic rings. The average Bonchev–Trinajstić information content (AvgIpc) is 2.35. The van der Waals surface area contributed by atoms with E-state index in [1.54, 1.807) is 4.90 Å². The predicted octanol–water partition coefficient (Wildman–Crippen LogP) is 0.360. The van der Waals surface area contributed by atoms with E-state index in [1.165, 1.54) is 0 Å². The van der Waals surface area contributed by atoms with E-state index in [-0.39, 0.29) is 17.8 Å². The number of nitrogens with one attached hydrogen (secondary N) is 1. The van der Waals surface area contributed by atoms with Gasteiger partial charge in [0.2, 0.25) is 5.91 Å². The van der Waals surface area contributed by atoms with Crippen molar-refractivity contribution in [1.29, 1.82) is 0 Å². The van der Waals surface area contributed by atoms with Crippen molar-refractivity contribution >= 4 is 11.7 Å². The highest BCUT2D eigenvalue weighted by Crippen LogP contribution is 1.98. The van der Waals surface area contributed by atoms with E-state index in [1.807, 2.05) is 20.8 Å². The molecule has 0 rings (SSSR count). The van der Waals surface area contributed by atoms with Crippen molar-refractivity contribution < 1.29 is 10.0 Å². The fraction of sp³-hybridized carbons (Fsp3) is 0.818. The van der Waals surface area contributed by atoms with Crippen LogP contribution in [0.2, 0.25) is 0 Å². The van der Waals surface area contributed by atoms with Crippen molar-refractivity contribution in [3.63, 3.8) is 0 Å². The highest BCUT2D eigenvalue weighted by molar-refractivity contribution is 5.80. The molecule has 0 heterocycles. The lowest BCUT2D eigenvalue weighted by Crippen LogP contribution is -2.42. The number of hydrogen-bond acceptors (Lipinski definition) is 4. The maximum absolute atomic E-state index is 11.7. The molecule has 1 unspecified atom stereocenters. The minimum absolute atomic E-state index is 0.0606. The molecule has 0 aromatic heterocycles. The highest BCUT2D eigenvalue weighted by atomic mass is 16.4. The van der Waals surface area contributed by atoms with Crippen LogP contribution in [0.5, 0.6) is 0 Å². The minimum Gasteiger partial charge on any atom is -0.409 e. The summed E-state index contributed by atoms with van der Waals surface area (Å²) in [6.07, 6.45) is 1.26. The first-order valence-electron chi connectivity index (χ1n) is 6.06. The Morgan fingerprint density at radius 2 is 2.00 bits per heavy atom. The second kappa shape index (κ2) is 8.81. The summed E-state index contributed by atoms with van der Waals surface area (Å²) in [5, 5.41) is 14.5. The van der Waals surface area contributed by atoms with Gasteiger partial charge in [0.1, 0.15) is 5.84 Å². The zero-order chi connectivity index (χ0) is 13.3. The topological polar surface area (TPSA) is 91.0 Å². The Kier molecular flexibility index (Phi) is 8.13. The van der Waals surface area contributed by atoms with E-state index in [4.69, 9.17) is 10.9 Å². The van der Waals surface area contributed by atoms with Crippen molar-refractivity contribution in [2.45, 2.75) is 39.7 Å². The van der Waals surface area contributed by atoms with Gasteiger partial charge in [-0.3, -0.25) is 4.79 Å². The van der Waals surface area contributed by atoms with E-state index in [0.717, 1.165) is 6.42 Å². The van der Waals surface area contributed by atoms with Gasteiger partial charge < -0.3 is 21.2 Å². The number of amidine groups is 1. The molecular formula is C11H24N4O2. The third kappa shape index (κ3) is 6.11. The molecule has 0 aliphatic heterocycles. The Balaban J connectivity index is 4.10. The Morgan fingerprint density at radius 1 is 1.41 bits per heavy atom. The lowest BCUT2D eigenvalue weighted by atomic mass is 10.1. The van der Waals surface area contributed by atoms with Gasteiger partial charge >= 0.3 is 0 Å². The normalized spacial score (nSPS) is 13.5. The van der Waals surface area contributed by atoms with Gasteiger partial charge in [-0.2, -0.15) is 0 Å². The summed E-state index contributed by atoms with van der Waals surface area (Å²) in [6, 6.07) is 0.0606. The van der Waals surface area contributed by atoms with E-state index in [2.05, 4.69) is 10.5 Å². The number of carbonyl (C=O) groups is 1. The number of carbonyl (C=O) groups excluding carboxylic acids is 1. The molecule has 0 bridgehead atoms. The van der Waals surface area contributed by atoms with E-state index >= 15 is 0 Å². The number of oxime groups is 1. The largest absolute Gasteiger partial charge is 0.409 e. The second-order valence-electron chi connectivity index (χ2n) is 3.85. The Hall–Kier alpha value is -1.30. The molecule has 0 spiro atoms. The van der Waals surface area contributed by atoms with E-state index in [0.29, 0.717) is 26.1 Å². The van der Waals surface area contributed by atoms with Crippen LogP contribution in [0.3, 0.4) is 0 Å². The molecule has 0 saturated carbocycles. The first kappa shape index (κ1) is 15.7. The molecule has 1 atom stereocenters. The lowest BCUT2D eigenvalue weighted by molar-refractivity contribution is -0.130. The van der Waals surface area contributed by atoms with E-state index < -0.39 is 0 Å². The van der Waals surface area contributed by atoms with Gasteiger partial charge in [0.15, 0.2) is 0 Å². The van der Waals surface area contributed by atoms with Gasteiger partial charge in [-0.05, 0) is 20.3 Å². The van der Waals surface area contributed by atoms with Crippen molar-refractivity contribution in [2.24, 2.45) is 10.9 Å². The van der Waals surface area contributed by atoms with Gasteiger partial charge in [0.05, 0.1) is 6.54 Å². The summed E-state index contributed by atoms with van der Waals surface area (Å²) in [7, 11) is 0. The zero-order valence-electron chi connectivity index (χ0n) is 10.9. The predicted molar refractivity (Wildman–Crippen MR) is 68.0 cm³/mol. The first-order valence-corrected chi connectivity index (χ1v) is 6.06.